The van der Waals surface area contributed by atoms with Crippen molar-refractivity contribution in [3.05, 3.63) is 52.6 Å². The first-order chi connectivity index (χ1) is 9.70. The van der Waals surface area contributed by atoms with Gasteiger partial charge in [-0.25, -0.2) is 5.43 Å². The number of hydrogen-bond donors (Lipinski definition) is 2. The third-order valence-corrected chi connectivity index (χ3v) is 3.36. The minimum Gasteiger partial charge on any atom is -0.494 e. The van der Waals surface area contributed by atoms with Gasteiger partial charge in [-0.1, -0.05) is 30.2 Å². The number of rotatable bonds is 5. The van der Waals surface area contributed by atoms with Crippen molar-refractivity contribution in [2.45, 2.75) is 26.0 Å². The summed E-state index contributed by atoms with van der Waals surface area (Å²) in [5, 5.41) is 3.81. The second-order valence-corrected chi connectivity index (χ2v) is 4.86. The molecule has 3 atom stereocenters. The van der Waals surface area contributed by atoms with E-state index in [2.05, 4.69) is 20.9 Å². The number of nitrogens with one attached hydrogen (secondary N) is 2. The molecule has 20 heavy (non-hydrogen) atoms. The van der Waals surface area contributed by atoms with Crippen LogP contribution in [0.25, 0.3) is 10.4 Å². The molecule has 0 spiro atoms. The summed E-state index contributed by atoms with van der Waals surface area (Å²) in [6, 6.07) is 9.70. The van der Waals surface area contributed by atoms with Crippen LogP contribution in [-0.4, -0.2) is 18.7 Å². The Morgan fingerprint density at radius 3 is 2.80 bits per heavy atom. The van der Waals surface area contributed by atoms with E-state index in [1.54, 1.807) is 0 Å². The van der Waals surface area contributed by atoms with E-state index in [1.807, 2.05) is 50.3 Å². The van der Waals surface area contributed by atoms with E-state index < -0.39 is 0 Å². The first-order valence-electron chi connectivity index (χ1n) is 6.64. The molecule has 1 aromatic carbocycles. The molecule has 0 fully saturated rings. The number of benzene rings is 1. The highest BCUT2D eigenvalue weighted by Crippen LogP contribution is 2.25. The summed E-state index contributed by atoms with van der Waals surface area (Å²) in [6.07, 6.45) is 1.83. The highest BCUT2D eigenvalue weighted by atomic mass is 16.5. The van der Waals surface area contributed by atoms with Crippen LogP contribution in [0.5, 0.6) is 0 Å². The van der Waals surface area contributed by atoms with Crippen molar-refractivity contribution >= 4 is 5.69 Å². The molecule has 2 N–H and O–H groups in total. The van der Waals surface area contributed by atoms with E-state index in [1.165, 1.54) is 0 Å². The number of hydrogen-bond acceptors (Lipinski definition) is 4. The van der Waals surface area contributed by atoms with E-state index >= 15 is 0 Å². The molecule has 0 bridgehead atoms. The minimum absolute atomic E-state index is 0.0355. The van der Waals surface area contributed by atoms with Gasteiger partial charge < -0.3 is 10.2 Å². The van der Waals surface area contributed by atoms with Gasteiger partial charge in [-0.2, -0.15) is 0 Å². The lowest BCUT2D eigenvalue weighted by atomic mass is 9.93. The first-order valence-corrected chi connectivity index (χ1v) is 6.64. The highest BCUT2D eigenvalue weighted by Gasteiger charge is 2.29. The Morgan fingerprint density at radius 2 is 2.10 bits per heavy atom. The Kier molecular flexibility index (Phi) is 4.87. The quantitative estimate of drug-likeness (QED) is 0.374. The number of nitrogens with zero attached hydrogens (tertiary/aromatic N) is 3. The smallest absolute Gasteiger partial charge is 0.116 e. The van der Waals surface area contributed by atoms with Crippen LogP contribution in [0.4, 0.5) is 5.69 Å². The number of anilines is 1. The molecule has 6 heteroatoms. The normalized spacial score (nSPS) is 25.1. The molecule has 0 aliphatic carbocycles. The Labute approximate surface area is 118 Å². The second kappa shape index (κ2) is 6.84. The topological polar surface area (TPSA) is 82.1 Å². The van der Waals surface area contributed by atoms with E-state index in [-0.39, 0.29) is 18.1 Å². The van der Waals surface area contributed by atoms with E-state index in [4.69, 9.17) is 10.3 Å². The SMILES string of the molecule is CC1=C[C@@H](N=[N+]=[N-])[C@@H](C)C(CNNc2ccccc2)O1. The van der Waals surface area contributed by atoms with Crippen LogP contribution in [-0.2, 0) is 4.74 Å². The molecular weight excluding hydrogens is 254 g/mol. The largest absolute Gasteiger partial charge is 0.494 e. The van der Waals surface area contributed by atoms with Gasteiger partial charge in [0.2, 0.25) is 0 Å². The van der Waals surface area contributed by atoms with Gasteiger partial charge in [0.1, 0.15) is 6.10 Å². The first kappa shape index (κ1) is 14.2. The minimum atomic E-state index is -0.155. The lowest BCUT2D eigenvalue weighted by Gasteiger charge is -2.33. The Balaban J connectivity index is 1.89. The van der Waals surface area contributed by atoms with Gasteiger partial charge in [-0.3, -0.25) is 0 Å². The van der Waals surface area contributed by atoms with Crippen molar-refractivity contribution in [2.75, 3.05) is 12.0 Å². The third kappa shape index (κ3) is 3.66. The lowest BCUT2D eigenvalue weighted by molar-refractivity contribution is 0.0507. The van der Waals surface area contributed by atoms with Gasteiger partial charge in [0, 0.05) is 16.5 Å². The molecule has 0 saturated heterocycles. The molecule has 1 heterocycles. The van der Waals surface area contributed by atoms with Crippen LogP contribution >= 0.6 is 0 Å². The fraction of sp³-hybridized carbons (Fsp3) is 0.429. The molecule has 1 aromatic rings. The van der Waals surface area contributed by atoms with Crippen LogP contribution in [0.3, 0.4) is 0 Å². The average molecular weight is 273 g/mol. The third-order valence-electron chi connectivity index (χ3n) is 3.36. The summed E-state index contributed by atoms with van der Waals surface area (Å²) in [5.74, 6) is 0.923. The number of allylic oxidation sites excluding steroid dienone is 1. The van der Waals surface area contributed by atoms with Crippen LogP contribution in [0.2, 0.25) is 0 Å². The molecule has 2 rings (SSSR count). The fourth-order valence-corrected chi connectivity index (χ4v) is 2.20. The Hall–Kier alpha value is -2.17. The summed E-state index contributed by atoms with van der Waals surface area (Å²) in [4.78, 5) is 2.90. The van der Waals surface area contributed by atoms with Crippen molar-refractivity contribution in [3.63, 3.8) is 0 Å². The molecule has 1 unspecified atom stereocenters. The van der Waals surface area contributed by atoms with Gasteiger partial charge in [-0.05, 0) is 30.7 Å². The predicted octanol–water partition coefficient (Wildman–Crippen LogP) is 3.22. The zero-order valence-corrected chi connectivity index (χ0v) is 11.7. The number of ether oxygens (including phenoxy) is 1. The maximum atomic E-state index is 8.59. The van der Waals surface area contributed by atoms with Gasteiger partial charge in [-0.15, -0.1) is 0 Å². The van der Waals surface area contributed by atoms with Crippen LogP contribution in [0, 0.1) is 5.92 Å². The number of hydrazine groups is 1. The van der Waals surface area contributed by atoms with Gasteiger partial charge in [0.25, 0.3) is 0 Å². The van der Waals surface area contributed by atoms with Crippen LogP contribution in [0.1, 0.15) is 13.8 Å². The predicted molar refractivity (Wildman–Crippen MR) is 78.8 cm³/mol. The zero-order valence-electron chi connectivity index (χ0n) is 11.7. The second-order valence-electron chi connectivity index (χ2n) is 4.86. The zero-order chi connectivity index (χ0) is 14.4. The van der Waals surface area contributed by atoms with Crippen molar-refractivity contribution in [2.24, 2.45) is 11.0 Å². The summed E-state index contributed by atoms with van der Waals surface area (Å²) in [7, 11) is 0. The summed E-state index contributed by atoms with van der Waals surface area (Å²) >= 11 is 0. The fourth-order valence-electron chi connectivity index (χ4n) is 2.20. The summed E-state index contributed by atoms with van der Waals surface area (Å²) in [6.45, 7) is 4.53. The molecule has 106 valence electrons. The Morgan fingerprint density at radius 1 is 1.35 bits per heavy atom. The lowest BCUT2D eigenvalue weighted by Crippen LogP contribution is -2.42. The molecule has 0 aromatic heterocycles. The van der Waals surface area contributed by atoms with E-state index in [9.17, 15) is 0 Å². The van der Waals surface area contributed by atoms with Gasteiger partial charge in [0.15, 0.2) is 0 Å². The molecular formula is C14H19N5O. The molecule has 0 saturated carbocycles. The maximum Gasteiger partial charge on any atom is 0.116 e. The highest BCUT2D eigenvalue weighted by molar-refractivity contribution is 5.41. The van der Waals surface area contributed by atoms with E-state index in [0.29, 0.717) is 6.54 Å². The molecule has 1 aliphatic rings. The van der Waals surface area contributed by atoms with Crippen LogP contribution in [0.15, 0.2) is 47.3 Å². The molecule has 0 amide bonds. The molecule has 6 nitrogen and oxygen atoms in total. The summed E-state index contributed by atoms with van der Waals surface area (Å²) in [5.41, 5.74) is 15.9. The number of azide groups is 1. The molecule has 1 aliphatic heterocycles. The van der Waals surface area contributed by atoms with Crippen molar-refractivity contribution in [1.29, 1.82) is 0 Å². The van der Waals surface area contributed by atoms with E-state index in [0.717, 1.165) is 11.4 Å². The van der Waals surface area contributed by atoms with Gasteiger partial charge >= 0.3 is 0 Å². The standard InChI is InChI=1S/C14H19N5O/c1-10-8-13(18-19-15)11(2)14(20-10)9-16-17-12-6-4-3-5-7-12/h3-8,11,13-14,16-17H,9H2,1-2H3/t11-,13-,14?/m1/s1. The average Bonchev–Trinajstić information content (AvgIpc) is 2.45. The van der Waals surface area contributed by atoms with Crippen molar-refractivity contribution in [1.82, 2.24) is 5.43 Å². The van der Waals surface area contributed by atoms with Crippen LogP contribution < -0.4 is 10.9 Å². The summed E-state index contributed by atoms with van der Waals surface area (Å²) < 4.78 is 5.79. The van der Waals surface area contributed by atoms with Crippen molar-refractivity contribution < 1.29 is 4.74 Å². The molecule has 0 radical (unpaired) electrons. The van der Waals surface area contributed by atoms with Gasteiger partial charge in [0.05, 0.1) is 18.3 Å². The maximum absolute atomic E-state index is 8.59. The number of para-hydroxylation sites is 1. The Bertz CT molecular complexity index is 510. The van der Waals surface area contributed by atoms with Crippen molar-refractivity contribution in [3.8, 4) is 0 Å². The monoisotopic (exact) mass is 273 g/mol.